The zero-order valence-corrected chi connectivity index (χ0v) is 7.77. The fourth-order valence-electron chi connectivity index (χ4n) is 0.778. The lowest BCUT2D eigenvalue weighted by atomic mass is 10.1. The maximum absolute atomic E-state index is 10.2. The molecule has 90 valence electrons. The molecule has 0 amide bonds. The van der Waals surface area contributed by atoms with Crippen LogP contribution in [0.3, 0.4) is 0 Å². The van der Waals surface area contributed by atoms with Gasteiger partial charge in [0.15, 0.2) is 6.10 Å². The SMILES string of the molecule is O.O.O.O.O=C(O)C(O)c1ccccc1. The number of carboxylic acid groups (broad SMARTS) is 1. The summed E-state index contributed by atoms with van der Waals surface area (Å²) in [5.41, 5.74) is 0.403. The number of aliphatic carboxylic acids is 1. The van der Waals surface area contributed by atoms with Gasteiger partial charge in [-0.15, -0.1) is 0 Å². The van der Waals surface area contributed by atoms with E-state index in [1.54, 1.807) is 30.3 Å². The number of hydrogen-bond donors (Lipinski definition) is 2. The van der Waals surface area contributed by atoms with Crippen LogP contribution < -0.4 is 0 Å². The summed E-state index contributed by atoms with van der Waals surface area (Å²) in [6, 6.07) is 8.26. The van der Waals surface area contributed by atoms with Gasteiger partial charge in [0.05, 0.1) is 0 Å². The van der Waals surface area contributed by atoms with Crippen LogP contribution >= 0.6 is 0 Å². The molecular formula is C8H16O7. The minimum atomic E-state index is -1.41. The average Bonchev–Trinajstić information content (AvgIpc) is 2.05. The Morgan fingerprint density at radius 1 is 1.00 bits per heavy atom. The molecule has 1 unspecified atom stereocenters. The van der Waals surface area contributed by atoms with E-state index in [1.807, 2.05) is 0 Å². The minimum absolute atomic E-state index is 0. The molecule has 10 N–H and O–H groups in total. The second kappa shape index (κ2) is 10.6. The van der Waals surface area contributed by atoms with Crippen molar-refractivity contribution in [3.63, 3.8) is 0 Å². The second-order valence-electron chi connectivity index (χ2n) is 2.15. The monoisotopic (exact) mass is 224 g/mol. The molecule has 0 heterocycles. The molecule has 1 aromatic carbocycles. The summed E-state index contributed by atoms with van der Waals surface area (Å²) in [6.07, 6.45) is -1.41. The van der Waals surface area contributed by atoms with Crippen molar-refractivity contribution >= 4 is 5.97 Å². The maximum atomic E-state index is 10.2. The van der Waals surface area contributed by atoms with Crippen LogP contribution in [-0.4, -0.2) is 38.1 Å². The Morgan fingerprint density at radius 2 is 1.40 bits per heavy atom. The third-order valence-electron chi connectivity index (χ3n) is 1.35. The van der Waals surface area contributed by atoms with Crippen LogP contribution in [-0.2, 0) is 4.79 Å². The van der Waals surface area contributed by atoms with E-state index in [0.29, 0.717) is 5.56 Å². The molecule has 0 fully saturated rings. The summed E-state index contributed by atoms with van der Waals surface area (Å²) in [5.74, 6) is -1.23. The molecule has 1 aromatic rings. The van der Waals surface area contributed by atoms with Crippen molar-refractivity contribution in [3.8, 4) is 0 Å². The molecule has 0 aliphatic heterocycles. The topological polar surface area (TPSA) is 184 Å². The molecule has 0 aliphatic carbocycles. The van der Waals surface area contributed by atoms with E-state index in [1.165, 1.54) is 0 Å². The molecule has 7 heteroatoms. The Bertz CT molecular complexity index is 248. The summed E-state index contributed by atoms with van der Waals surface area (Å²) < 4.78 is 0. The van der Waals surface area contributed by atoms with Gasteiger partial charge < -0.3 is 32.1 Å². The van der Waals surface area contributed by atoms with E-state index in [9.17, 15) is 4.79 Å². The van der Waals surface area contributed by atoms with Gasteiger partial charge in [0, 0.05) is 0 Å². The summed E-state index contributed by atoms with van der Waals surface area (Å²) >= 11 is 0. The lowest BCUT2D eigenvalue weighted by Gasteiger charge is -2.03. The van der Waals surface area contributed by atoms with Gasteiger partial charge in [-0.25, -0.2) is 4.79 Å². The molecule has 0 bridgehead atoms. The molecule has 0 aliphatic rings. The van der Waals surface area contributed by atoms with Gasteiger partial charge in [-0.2, -0.15) is 0 Å². The molecule has 15 heavy (non-hydrogen) atoms. The Morgan fingerprint density at radius 3 is 1.73 bits per heavy atom. The Kier molecular flexibility index (Phi) is 16.5. The van der Waals surface area contributed by atoms with Crippen molar-refractivity contribution in [2.75, 3.05) is 0 Å². The standard InChI is InChI=1S/C8H8O3.4H2O/c9-7(8(10)11)6-4-2-1-3-5-6;;;;/h1-5,7,9H,(H,10,11);4*1H2. The van der Waals surface area contributed by atoms with Crippen LogP contribution in [0.25, 0.3) is 0 Å². The van der Waals surface area contributed by atoms with Gasteiger partial charge in [-0.3, -0.25) is 0 Å². The van der Waals surface area contributed by atoms with Crippen molar-refractivity contribution in [1.29, 1.82) is 0 Å². The quantitative estimate of drug-likeness (QED) is 0.563. The van der Waals surface area contributed by atoms with Gasteiger partial charge in [0.1, 0.15) is 0 Å². The summed E-state index contributed by atoms with van der Waals surface area (Å²) in [6.45, 7) is 0. The van der Waals surface area contributed by atoms with Crippen LogP contribution in [0.5, 0.6) is 0 Å². The Hall–Kier alpha value is -1.51. The normalized spacial score (nSPS) is 9.13. The predicted octanol–water partition coefficient (Wildman–Crippen LogP) is -2.49. The molecule has 1 atom stereocenters. The smallest absolute Gasteiger partial charge is 0.337 e. The third-order valence-corrected chi connectivity index (χ3v) is 1.35. The van der Waals surface area contributed by atoms with E-state index in [0.717, 1.165) is 0 Å². The van der Waals surface area contributed by atoms with E-state index < -0.39 is 12.1 Å². The van der Waals surface area contributed by atoms with E-state index in [4.69, 9.17) is 10.2 Å². The first-order valence-electron chi connectivity index (χ1n) is 3.17. The second-order valence-corrected chi connectivity index (χ2v) is 2.15. The highest BCUT2D eigenvalue weighted by atomic mass is 16.4. The van der Waals surface area contributed by atoms with E-state index in [2.05, 4.69) is 0 Å². The van der Waals surface area contributed by atoms with Gasteiger partial charge in [-0.1, -0.05) is 30.3 Å². The Labute approximate surface area is 85.8 Å². The zero-order valence-electron chi connectivity index (χ0n) is 7.77. The summed E-state index contributed by atoms with van der Waals surface area (Å²) in [5, 5.41) is 17.4. The molecule has 0 spiro atoms. The van der Waals surface area contributed by atoms with Gasteiger partial charge in [0.2, 0.25) is 0 Å². The number of aliphatic hydroxyl groups excluding tert-OH is 1. The highest BCUT2D eigenvalue weighted by Gasteiger charge is 2.14. The number of aliphatic hydroxyl groups is 1. The highest BCUT2D eigenvalue weighted by Crippen LogP contribution is 2.10. The van der Waals surface area contributed by atoms with Crippen molar-refractivity contribution in [1.82, 2.24) is 0 Å². The summed E-state index contributed by atoms with van der Waals surface area (Å²) in [7, 11) is 0. The molecule has 0 aromatic heterocycles. The number of carbonyl (C=O) groups is 1. The van der Waals surface area contributed by atoms with Crippen LogP contribution in [0.1, 0.15) is 11.7 Å². The van der Waals surface area contributed by atoms with Gasteiger partial charge in [-0.05, 0) is 5.56 Å². The zero-order chi connectivity index (χ0) is 8.27. The number of benzene rings is 1. The number of carboxylic acids is 1. The largest absolute Gasteiger partial charge is 0.479 e. The first-order valence-corrected chi connectivity index (χ1v) is 3.17. The molecule has 1 rings (SSSR count). The van der Waals surface area contributed by atoms with Crippen molar-refractivity contribution < 1.29 is 36.9 Å². The lowest BCUT2D eigenvalue weighted by molar-refractivity contribution is -0.146. The third kappa shape index (κ3) is 6.55. The molecule has 7 nitrogen and oxygen atoms in total. The van der Waals surface area contributed by atoms with Crippen molar-refractivity contribution in [3.05, 3.63) is 35.9 Å². The van der Waals surface area contributed by atoms with Crippen LogP contribution in [0.15, 0.2) is 30.3 Å². The average molecular weight is 224 g/mol. The predicted molar refractivity (Wildman–Crippen MR) is 53.5 cm³/mol. The number of rotatable bonds is 2. The van der Waals surface area contributed by atoms with Gasteiger partial charge >= 0.3 is 5.97 Å². The fraction of sp³-hybridized carbons (Fsp3) is 0.125. The minimum Gasteiger partial charge on any atom is -0.479 e. The van der Waals surface area contributed by atoms with Crippen molar-refractivity contribution in [2.45, 2.75) is 6.10 Å². The summed E-state index contributed by atoms with van der Waals surface area (Å²) in [4.78, 5) is 10.2. The molecule has 0 radical (unpaired) electrons. The molecular weight excluding hydrogens is 208 g/mol. The Balaban J connectivity index is -0.000000151. The first kappa shape index (κ1) is 23.4. The van der Waals surface area contributed by atoms with E-state index in [-0.39, 0.29) is 21.9 Å². The molecule has 0 saturated carbocycles. The highest BCUT2D eigenvalue weighted by molar-refractivity contribution is 5.73. The van der Waals surface area contributed by atoms with Crippen molar-refractivity contribution in [2.24, 2.45) is 0 Å². The lowest BCUT2D eigenvalue weighted by Crippen LogP contribution is -2.09. The maximum Gasteiger partial charge on any atom is 0.337 e. The number of hydrogen-bond acceptors (Lipinski definition) is 2. The van der Waals surface area contributed by atoms with Crippen LogP contribution in [0.4, 0.5) is 0 Å². The van der Waals surface area contributed by atoms with Gasteiger partial charge in [0.25, 0.3) is 0 Å². The van der Waals surface area contributed by atoms with E-state index >= 15 is 0 Å². The molecule has 0 saturated heterocycles. The van der Waals surface area contributed by atoms with Crippen LogP contribution in [0, 0.1) is 0 Å². The fourth-order valence-corrected chi connectivity index (χ4v) is 0.778. The first-order chi connectivity index (χ1) is 5.22. The van der Waals surface area contributed by atoms with Crippen LogP contribution in [0.2, 0.25) is 0 Å².